The maximum Gasteiger partial charge on any atom is 0.307 e. The van der Waals surface area contributed by atoms with E-state index in [2.05, 4.69) is 10.1 Å². The van der Waals surface area contributed by atoms with Crippen molar-refractivity contribution in [1.82, 2.24) is 5.32 Å². The van der Waals surface area contributed by atoms with E-state index in [0.717, 1.165) is 5.56 Å². The molecule has 1 aromatic rings. The molecular weight excluding hydrogens is 232 g/mol. The normalized spacial score (nSPS) is 13.5. The second-order valence-electron chi connectivity index (χ2n) is 4.15. The maximum absolute atomic E-state index is 11.9. The van der Waals surface area contributed by atoms with E-state index in [1.54, 1.807) is 19.1 Å². The van der Waals surface area contributed by atoms with E-state index in [-0.39, 0.29) is 24.8 Å². The fourth-order valence-electron chi connectivity index (χ4n) is 1.48. The van der Waals surface area contributed by atoms with Crippen LogP contribution in [0.1, 0.15) is 18.9 Å². The van der Waals surface area contributed by atoms with Gasteiger partial charge in [-0.1, -0.05) is 30.3 Å². The Balaban J connectivity index is 2.58. The zero-order chi connectivity index (χ0) is 13.6. The van der Waals surface area contributed by atoms with E-state index in [4.69, 9.17) is 5.73 Å². The van der Waals surface area contributed by atoms with Crippen molar-refractivity contribution >= 4 is 11.9 Å². The zero-order valence-corrected chi connectivity index (χ0v) is 10.6. The average molecular weight is 250 g/mol. The molecule has 5 nitrogen and oxygen atoms in total. The highest BCUT2D eigenvalue weighted by Crippen LogP contribution is 2.17. The van der Waals surface area contributed by atoms with Gasteiger partial charge in [0.05, 0.1) is 13.5 Å². The number of hydrogen-bond donors (Lipinski definition) is 2. The molecule has 1 rings (SSSR count). The molecule has 0 saturated heterocycles. The van der Waals surface area contributed by atoms with E-state index >= 15 is 0 Å². The highest BCUT2D eigenvalue weighted by molar-refractivity contribution is 5.87. The minimum atomic E-state index is -1.11. The van der Waals surface area contributed by atoms with Gasteiger partial charge in [0.25, 0.3) is 0 Å². The Morgan fingerprint density at radius 3 is 2.50 bits per heavy atom. The van der Waals surface area contributed by atoms with Gasteiger partial charge in [-0.15, -0.1) is 0 Å². The molecule has 0 radical (unpaired) electrons. The van der Waals surface area contributed by atoms with Gasteiger partial charge < -0.3 is 15.8 Å². The first-order valence-electron chi connectivity index (χ1n) is 5.68. The van der Waals surface area contributed by atoms with Gasteiger partial charge in [-0.3, -0.25) is 9.59 Å². The van der Waals surface area contributed by atoms with Crippen LogP contribution >= 0.6 is 0 Å². The van der Waals surface area contributed by atoms with Crippen LogP contribution < -0.4 is 11.1 Å². The van der Waals surface area contributed by atoms with Gasteiger partial charge in [-0.25, -0.2) is 0 Å². The van der Waals surface area contributed by atoms with Crippen LogP contribution in [0.5, 0.6) is 0 Å². The number of amides is 1. The lowest BCUT2D eigenvalue weighted by Crippen LogP contribution is -2.49. The molecule has 18 heavy (non-hydrogen) atoms. The Bertz CT molecular complexity index is 416. The van der Waals surface area contributed by atoms with E-state index in [0.29, 0.717) is 0 Å². The predicted molar refractivity (Wildman–Crippen MR) is 67.6 cm³/mol. The summed E-state index contributed by atoms with van der Waals surface area (Å²) in [5, 5.41) is 2.62. The summed E-state index contributed by atoms with van der Waals surface area (Å²) in [6, 6.07) is 9.08. The zero-order valence-electron chi connectivity index (χ0n) is 10.6. The number of benzene rings is 1. The molecule has 0 aliphatic rings. The molecule has 0 aromatic heterocycles. The first-order valence-corrected chi connectivity index (χ1v) is 5.68. The van der Waals surface area contributed by atoms with Gasteiger partial charge in [-0.05, 0) is 12.5 Å². The molecule has 0 fully saturated rings. The largest absolute Gasteiger partial charge is 0.469 e. The van der Waals surface area contributed by atoms with Crippen molar-refractivity contribution in [3.05, 3.63) is 35.9 Å². The van der Waals surface area contributed by atoms with E-state index < -0.39 is 5.54 Å². The minimum Gasteiger partial charge on any atom is -0.469 e. The third-order valence-electron chi connectivity index (χ3n) is 2.69. The van der Waals surface area contributed by atoms with Crippen molar-refractivity contribution < 1.29 is 14.3 Å². The molecule has 1 unspecified atom stereocenters. The molecule has 0 aliphatic carbocycles. The molecule has 0 bridgehead atoms. The summed E-state index contributed by atoms with van der Waals surface area (Å²) in [4.78, 5) is 22.9. The highest BCUT2D eigenvalue weighted by atomic mass is 16.5. The fraction of sp³-hybridized carbons (Fsp3) is 0.385. The Morgan fingerprint density at radius 1 is 1.33 bits per heavy atom. The number of carbonyl (C=O) groups excluding carboxylic acids is 2. The summed E-state index contributed by atoms with van der Waals surface area (Å²) in [6.45, 7) is 1.85. The molecule has 1 aromatic carbocycles. The van der Waals surface area contributed by atoms with Gasteiger partial charge in [0.15, 0.2) is 0 Å². The Hall–Kier alpha value is -1.88. The summed E-state index contributed by atoms with van der Waals surface area (Å²) in [5.74, 6) is -0.689. The molecule has 0 spiro atoms. The number of esters is 1. The molecule has 5 heteroatoms. The average Bonchev–Trinajstić information content (AvgIpc) is 2.39. The number of hydrogen-bond acceptors (Lipinski definition) is 4. The standard InChI is InChI=1S/C13H18N2O3/c1-13(14,10-6-4-3-5-7-10)12(17)15-9-8-11(16)18-2/h3-7H,8-9,14H2,1-2H3,(H,15,17). The van der Waals surface area contributed by atoms with Crippen molar-refractivity contribution in [1.29, 1.82) is 0 Å². The van der Waals surface area contributed by atoms with Crippen LogP contribution in [-0.4, -0.2) is 25.5 Å². The first-order chi connectivity index (χ1) is 8.48. The van der Waals surface area contributed by atoms with Crippen molar-refractivity contribution in [2.75, 3.05) is 13.7 Å². The van der Waals surface area contributed by atoms with Crippen LogP contribution in [0.25, 0.3) is 0 Å². The SMILES string of the molecule is COC(=O)CCNC(=O)C(C)(N)c1ccccc1. The molecule has 3 N–H and O–H groups in total. The van der Waals surface area contributed by atoms with Crippen molar-refractivity contribution in [2.45, 2.75) is 18.9 Å². The Morgan fingerprint density at radius 2 is 1.94 bits per heavy atom. The van der Waals surface area contributed by atoms with Crippen LogP contribution in [0.3, 0.4) is 0 Å². The van der Waals surface area contributed by atoms with Crippen molar-refractivity contribution in [3.63, 3.8) is 0 Å². The third-order valence-corrected chi connectivity index (χ3v) is 2.69. The predicted octanol–water partition coefficient (Wildman–Crippen LogP) is 0.540. The topological polar surface area (TPSA) is 81.4 Å². The van der Waals surface area contributed by atoms with Crippen LogP contribution in [0.2, 0.25) is 0 Å². The summed E-state index contributed by atoms with van der Waals surface area (Å²) >= 11 is 0. The lowest BCUT2D eigenvalue weighted by molar-refractivity contribution is -0.140. The second kappa shape index (κ2) is 6.16. The number of carbonyl (C=O) groups is 2. The Kier molecular flexibility index (Phi) is 4.85. The van der Waals surface area contributed by atoms with E-state index in [1.807, 2.05) is 18.2 Å². The lowest BCUT2D eigenvalue weighted by Gasteiger charge is -2.23. The third kappa shape index (κ3) is 3.56. The molecular formula is C13H18N2O3. The lowest BCUT2D eigenvalue weighted by atomic mass is 9.92. The number of methoxy groups -OCH3 is 1. The van der Waals surface area contributed by atoms with Gasteiger partial charge in [0, 0.05) is 6.54 Å². The summed E-state index contributed by atoms with van der Waals surface area (Å²) in [6.07, 6.45) is 0.132. The van der Waals surface area contributed by atoms with E-state index in [9.17, 15) is 9.59 Å². The van der Waals surface area contributed by atoms with Crippen molar-refractivity contribution in [3.8, 4) is 0 Å². The van der Waals surface area contributed by atoms with Crippen LogP contribution in [0, 0.1) is 0 Å². The van der Waals surface area contributed by atoms with Gasteiger partial charge >= 0.3 is 5.97 Å². The molecule has 0 saturated carbocycles. The van der Waals surface area contributed by atoms with Gasteiger partial charge in [0.2, 0.25) is 5.91 Å². The number of rotatable bonds is 5. The highest BCUT2D eigenvalue weighted by Gasteiger charge is 2.29. The van der Waals surface area contributed by atoms with Crippen LogP contribution in [0.15, 0.2) is 30.3 Å². The Labute approximate surface area is 106 Å². The summed E-state index contributed by atoms with van der Waals surface area (Å²) in [5.41, 5.74) is 5.61. The van der Waals surface area contributed by atoms with E-state index in [1.165, 1.54) is 7.11 Å². The summed E-state index contributed by atoms with van der Waals surface area (Å²) in [7, 11) is 1.31. The molecule has 1 amide bonds. The fourth-order valence-corrected chi connectivity index (χ4v) is 1.48. The second-order valence-corrected chi connectivity index (χ2v) is 4.15. The maximum atomic E-state index is 11.9. The molecule has 1 atom stereocenters. The van der Waals surface area contributed by atoms with Gasteiger partial charge in [-0.2, -0.15) is 0 Å². The smallest absolute Gasteiger partial charge is 0.307 e. The molecule has 0 heterocycles. The number of ether oxygens (including phenoxy) is 1. The van der Waals surface area contributed by atoms with Crippen LogP contribution in [-0.2, 0) is 19.9 Å². The molecule has 0 aliphatic heterocycles. The minimum absolute atomic E-state index is 0.132. The molecule has 98 valence electrons. The quantitative estimate of drug-likeness (QED) is 0.747. The number of nitrogens with one attached hydrogen (secondary N) is 1. The van der Waals surface area contributed by atoms with Gasteiger partial charge in [0.1, 0.15) is 5.54 Å². The first kappa shape index (κ1) is 14.2. The summed E-state index contributed by atoms with van der Waals surface area (Å²) < 4.78 is 4.48. The monoisotopic (exact) mass is 250 g/mol. The van der Waals surface area contributed by atoms with Crippen molar-refractivity contribution in [2.24, 2.45) is 5.73 Å². The van der Waals surface area contributed by atoms with Crippen LogP contribution in [0.4, 0.5) is 0 Å². The number of nitrogens with two attached hydrogens (primary N) is 1.